The molecule has 0 fully saturated rings. The molecule has 0 aromatic heterocycles. The fourth-order valence-electron chi connectivity index (χ4n) is 1.40. The van der Waals surface area contributed by atoms with Crippen molar-refractivity contribution < 1.29 is 14.8 Å². The summed E-state index contributed by atoms with van der Waals surface area (Å²) >= 11 is 0. The molecule has 1 rings (SSSR count). The van der Waals surface area contributed by atoms with Crippen LogP contribution in [0.2, 0.25) is 0 Å². The molecule has 0 aliphatic rings. The van der Waals surface area contributed by atoms with E-state index < -0.39 is 4.92 Å². The van der Waals surface area contributed by atoms with Gasteiger partial charge in [-0.15, -0.1) is 6.58 Å². The molecule has 0 saturated heterocycles. The first-order valence-corrected chi connectivity index (χ1v) is 4.91. The van der Waals surface area contributed by atoms with E-state index in [1.165, 1.54) is 19.3 Å². The maximum atomic E-state index is 10.2. The lowest BCUT2D eigenvalue weighted by molar-refractivity contribution is -0.400. The number of ether oxygens (including phenoxy) is 1. The molecular formula is C12H13NO4. The van der Waals surface area contributed by atoms with Gasteiger partial charge in [0.1, 0.15) is 0 Å². The summed E-state index contributed by atoms with van der Waals surface area (Å²) in [6.45, 7) is 3.58. The van der Waals surface area contributed by atoms with Gasteiger partial charge in [-0.25, -0.2) is 0 Å². The van der Waals surface area contributed by atoms with Crippen LogP contribution < -0.4 is 4.74 Å². The van der Waals surface area contributed by atoms with Gasteiger partial charge in [0.2, 0.25) is 6.20 Å². The zero-order valence-electron chi connectivity index (χ0n) is 9.42. The first kappa shape index (κ1) is 12.8. The lowest BCUT2D eigenvalue weighted by Crippen LogP contribution is -1.91. The molecule has 5 nitrogen and oxygen atoms in total. The van der Waals surface area contributed by atoms with Crippen molar-refractivity contribution in [2.75, 3.05) is 7.11 Å². The number of rotatable bonds is 5. The molecular weight excluding hydrogens is 222 g/mol. The molecule has 0 amide bonds. The Bertz CT molecular complexity index is 466. The molecule has 1 aromatic rings. The maximum absolute atomic E-state index is 10.2. The number of allylic oxidation sites excluding steroid dienone is 1. The van der Waals surface area contributed by atoms with E-state index in [0.29, 0.717) is 17.5 Å². The van der Waals surface area contributed by atoms with Crippen LogP contribution in [0.15, 0.2) is 31.0 Å². The summed E-state index contributed by atoms with van der Waals surface area (Å²) in [4.78, 5) is 9.68. The van der Waals surface area contributed by atoms with Crippen LogP contribution in [-0.4, -0.2) is 17.1 Å². The average molecular weight is 235 g/mol. The normalized spacial score (nSPS) is 10.4. The van der Waals surface area contributed by atoms with Gasteiger partial charge in [-0.1, -0.05) is 6.08 Å². The van der Waals surface area contributed by atoms with Crippen LogP contribution in [0, 0.1) is 10.1 Å². The van der Waals surface area contributed by atoms with Crippen LogP contribution in [0.5, 0.6) is 11.5 Å². The van der Waals surface area contributed by atoms with Crippen LogP contribution in [0.3, 0.4) is 0 Å². The van der Waals surface area contributed by atoms with E-state index in [0.717, 1.165) is 6.20 Å². The van der Waals surface area contributed by atoms with Crippen molar-refractivity contribution in [2.45, 2.75) is 6.42 Å². The van der Waals surface area contributed by atoms with Crippen molar-refractivity contribution in [1.29, 1.82) is 0 Å². The highest BCUT2D eigenvalue weighted by Gasteiger charge is 2.08. The Hall–Kier alpha value is -2.30. The van der Waals surface area contributed by atoms with E-state index in [9.17, 15) is 15.2 Å². The second-order valence-corrected chi connectivity index (χ2v) is 3.32. The number of nitro groups is 1. The van der Waals surface area contributed by atoms with Gasteiger partial charge in [0.05, 0.1) is 12.0 Å². The van der Waals surface area contributed by atoms with Crippen LogP contribution in [0.1, 0.15) is 11.1 Å². The smallest absolute Gasteiger partial charge is 0.235 e. The quantitative estimate of drug-likeness (QED) is 0.483. The Morgan fingerprint density at radius 2 is 2.29 bits per heavy atom. The van der Waals surface area contributed by atoms with Gasteiger partial charge in [0, 0.05) is 11.6 Å². The van der Waals surface area contributed by atoms with Gasteiger partial charge in [-0.05, 0) is 24.1 Å². The minimum absolute atomic E-state index is 0.0330. The van der Waals surface area contributed by atoms with Gasteiger partial charge in [-0.3, -0.25) is 10.1 Å². The molecule has 0 aliphatic carbocycles. The Morgan fingerprint density at radius 1 is 1.59 bits per heavy atom. The number of benzene rings is 1. The molecule has 5 heteroatoms. The molecule has 0 atom stereocenters. The first-order valence-electron chi connectivity index (χ1n) is 4.91. The first-order chi connectivity index (χ1) is 8.08. The predicted molar refractivity (Wildman–Crippen MR) is 64.6 cm³/mol. The zero-order chi connectivity index (χ0) is 12.8. The standard InChI is InChI=1S/C12H13NO4/c1-3-4-10-7-9(5-6-13(15)16)8-11(17-2)12(10)14/h3,5-8,14H,1,4H2,2H3/b6-5-. The third-order valence-corrected chi connectivity index (χ3v) is 2.15. The molecule has 17 heavy (non-hydrogen) atoms. The van der Waals surface area contributed by atoms with Crippen LogP contribution in [0.25, 0.3) is 6.08 Å². The Labute approximate surface area is 98.8 Å². The van der Waals surface area contributed by atoms with Crippen molar-refractivity contribution >= 4 is 6.08 Å². The fourth-order valence-corrected chi connectivity index (χ4v) is 1.40. The van der Waals surface area contributed by atoms with E-state index in [1.54, 1.807) is 12.1 Å². The van der Waals surface area contributed by atoms with Crippen molar-refractivity contribution in [3.63, 3.8) is 0 Å². The van der Waals surface area contributed by atoms with Crippen LogP contribution in [0.4, 0.5) is 0 Å². The number of methoxy groups -OCH3 is 1. The fraction of sp³-hybridized carbons (Fsp3) is 0.167. The SMILES string of the molecule is C=CCc1cc(/C=C\[N+](=O)[O-])cc(OC)c1O. The maximum Gasteiger partial charge on any atom is 0.235 e. The summed E-state index contributed by atoms with van der Waals surface area (Å²) in [5, 5.41) is 20.0. The van der Waals surface area contributed by atoms with Crippen molar-refractivity contribution in [3.05, 3.63) is 52.2 Å². The van der Waals surface area contributed by atoms with Crippen molar-refractivity contribution in [1.82, 2.24) is 0 Å². The van der Waals surface area contributed by atoms with E-state index in [4.69, 9.17) is 4.74 Å². The number of nitrogens with zero attached hydrogens (tertiary/aromatic N) is 1. The molecule has 1 aromatic carbocycles. The Kier molecular flexibility index (Phi) is 4.28. The summed E-state index contributed by atoms with van der Waals surface area (Å²) in [5.41, 5.74) is 1.20. The lowest BCUT2D eigenvalue weighted by atomic mass is 10.1. The summed E-state index contributed by atoms with van der Waals surface area (Å²) in [5.74, 6) is 0.318. The Balaban J connectivity index is 3.19. The van der Waals surface area contributed by atoms with Crippen LogP contribution in [-0.2, 0) is 6.42 Å². The highest BCUT2D eigenvalue weighted by Crippen LogP contribution is 2.32. The minimum Gasteiger partial charge on any atom is -0.504 e. The predicted octanol–water partition coefficient (Wildman–Crippen LogP) is 2.38. The second-order valence-electron chi connectivity index (χ2n) is 3.32. The summed E-state index contributed by atoms with van der Waals surface area (Å²) in [6.07, 6.45) is 4.27. The molecule has 0 heterocycles. The average Bonchev–Trinajstić information content (AvgIpc) is 2.30. The Morgan fingerprint density at radius 3 is 2.82 bits per heavy atom. The molecule has 0 radical (unpaired) electrons. The van der Waals surface area contributed by atoms with E-state index in [-0.39, 0.29) is 11.5 Å². The molecule has 90 valence electrons. The summed E-state index contributed by atoms with van der Waals surface area (Å²) < 4.78 is 4.99. The zero-order valence-corrected chi connectivity index (χ0v) is 9.42. The summed E-state index contributed by atoms with van der Waals surface area (Å²) in [7, 11) is 1.42. The van der Waals surface area contributed by atoms with Gasteiger partial charge in [0.15, 0.2) is 11.5 Å². The number of hydrogen-bond acceptors (Lipinski definition) is 4. The third-order valence-electron chi connectivity index (χ3n) is 2.15. The third kappa shape index (κ3) is 3.34. The topological polar surface area (TPSA) is 72.6 Å². The molecule has 1 N–H and O–H groups in total. The largest absolute Gasteiger partial charge is 0.504 e. The molecule has 0 unspecified atom stereocenters. The lowest BCUT2D eigenvalue weighted by Gasteiger charge is -2.08. The molecule has 0 aliphatic heterocycles. The minimum atomic E-state index is -0.549. The summed E-state index contributed by atoms with van der Waals surface area (Å²) in [6, 6.07) is 3.18. The van der Waals surface area contributed by atoms with E-state index in [1.807, 2.05) is 0 Å². The number of aromatic hydroxyl groups is 1. The van der Waals surface area contributed by atoms with Crippen molar-refractivity contribution in [2.24, 2.45) is 0 Å². The van der Waals surface area contributed by atoms with Crippen LogP contribution >= 0.6 is 0 Å². The highest BCUT2D eigenvalue weighted by atomic mass is 16.6. The van der Waals surface area contributed by atoms with Gasteiger partial charge >= 0.3 is 0 Å². The number of phenolic OH excluding ortho intramolecular Hbond substituents is 1. The number of hydrogen-bond donors (Lipinski definition) is 1. The molecule has 0 saturated carbocycles. The monoisotopic (exact) mass is 235 g/mol. The van der Waals surface area contributed by atoms with E-state index >= 15 is 0 Å². The molecule has 0 spiro atoms. The highest BCUT2D eigenvalue weighted by molar-refractivity contribution is 5.58. The van der Waals surface area contributed by atoms with E-state index in [2.05, 4.69) is 6.58 Å². The van der Waals surface area contributed by atoms with Crippen molar-refractivity contribution in [3.8, 4) is 11.5 Å². The number of phenols is 1. The van der Waals surface area contributed by atoms with Gasteiger partial charge in [-0.2, -0.15) is 0 Å². The second kappa shape index (κ2) is 5.69. The van der Waals surface area contributed by atoms with Gasteiger partial charge < -0.3 is 9.84 Å². The molecule has 0 bridgehead atoms. The van der Waals surface area contributed by atoms with Gasteiger partial charge in [0.25, 0.3) is 0 Å².